The van der Waals surface area contributed by atoms with Crippen LogP contribution in [0, 0.1) is 10.1 Å². The molecule has 0 radical (unpaired) electrons. The molecule has 142 valence electrons. The van der Waals surface area contributed by atoms with Gasteiger partial charge in [0.15, 0.2) is 5.84 Å². The molecule has 27 heavy (non-hydrogen) atoms. The maximum absolute atomic E-state index is 10.7. The second kappa shape index (κ2) is 9.75. The summed E-state index contributed by atoms with van der Waals surface area (Å²) in [7, 11) is 1.74. The highest BCUT2D eigenvalue weighted by Gasteiger charge is 2.15. The number of anilines is 1. The number of rotatable bonds is 6. The second-order valence-electron chi connectivity index (χ2n) is 5.27. The van der Waals surface area contributed by atoms with E-state index in [4.69, 9.17) is 46.4 Å². The van der Waals surface area contributed by atoms with E-state index >= 15 is 0 Å². The number of nitrogens with one attached hydrogen (secondary N) is 1. The van der Waals surface area contributed by atoms with Crippen molar-refractivity contribution in [3.63, 3.8) is 0 Å². The van der Waals surface area contributed by atoms with Crippen molar-refractivity contribution in [2.45, 2.75) is 6.54 Å². The van der Waals surface area contributed by atoms with E-state index in [0.29, 0.717) is 17.4 Å². The first-order valence-corrected chi connectivity index (χ1v) is 8.90. The fourth-order valence-electron chi connectivity index (χ4n) is 2.01. The van der Waals surface area contributed by atoms with Crippen LogP contribution in [-0.4, -0.2) is 27.7 Å². The number of halogens is 4. The SMILES string of the molecule is CN(Cc1ccc(Cl)nc1)/C(=N/Nc1ccc([N+](=O)[O-])cc1)C(Cl)=C(Cl)Cl. The van der Waals surface area contributed by atoms with Gasteiger partial charge in [-0.1, -0.05) is 52.5 Å². The number of nitrogens with zero attached hydrogens (tertiary/aromatic N) is 4. The topological polar surface area (TPSA) is 83.7 Å². The van der Waals surface area contributed by atoms with Gasteiger partial charge in [-0.25, -0.2) is 4.98 Å². The van der Waals surface area contributed by atoms with Crippen molar-refractivity contribution in [3.05, 3.63) is 72.9 Å². The molecule has 0 unspecified atom stereocenters. The summed E-state index contributed by atoms with van der Waals surface area (Å²) in [6, 6.07) is 9.22. The van der Waals surface area contributed by atoms with Gasteiger partial charge in [0.05, 0.1) is 10.6 Å². The van der Waals surface area contributed by atoms with Crippen LogP contribution in [0.4, 0.5) is 11.4 Å². The van der Waals surface area contributed by atoms with Crippen molar-refractivity contribution in [1.29, 1.82) is 0 Å². The maximum Gasteiger partial charge on any atom is 0.269 e. The minimum Gasteiger partial charge on any atom is -0.353 e. The van der Waals surface area contributed by atoms with Crippen molar-refractivity contribution < 1.29 is 4.92 Å². The minimum absolute atomic E-state index is 0.0289. The number of likely N-dealkylation sites (N-methyl/N-ethyl adjacent to an activating group) is 1. The molecule has 0 aliphatic carbocycles. The molecule has 1 aromatic carbocycles. The molecule has 0 saturated heterocycles. The lowest BCUT2D eigenvalue weighted by atomic mass is 10.2. The van der Waals surface area contributed by atoms with Gasteiger partial charge < -0.3 is 4.90 Å². The van der Waals surface area contributed by atoms with Gasteiger partial charge in [-0.3, -0.25) is 15.5 Å². The summed E-state index contributed by atoms with van der Waals surface area (Å²) in [5.41, 5.74) is 4.13. The van der Waals surface area contributed by atoms with Crippen molar-refractivity contribution in [3.8, 4) is 0 Å². The van der Waals surface area contributed by atoms with Crippen LogP contribution in [0.25, 0.3) is 0 Å². The smallest absolute Gasteiger partial charge is 0.269 e. The molecule has 0 spiro atoms. The molecule has 2 rings (SSSR count). The molecule has 1 N–H and O–H groups in total. The summed E-state index contributed by atoms with van der Waals surface area (Å²) in [6.45, 7) is 0.405. The van der Waals surface area contributed by atoms with Crippen molar-refractivity contribution in [2.75, 3.05) is 12.5 Å². The monoisotopic (exact) mass is 447 g/mol. The highest BCUT2D eigenvalue weighted by molar-refractivity contribution is 6.62. The quantitative estimate of drug-likeness (QED) is 0.210. The van der Waals surface area contributed by atoms with Crippen LogP contribution in [0.3, 0.4) is 0 Å². The van der Waals surface area contributed by atoms with Crippen LogP contribution < -0.4 is 5.43 Å². The maximum atomic E-state index is 10.7. The van der Waals surface area contributed by atoms with E-state index < -0.39 is 4.92 Å². The van der Waals surface area contributed by atoms with Gasteiger partial charge in [0.1, 0.15) is 14.7 Å². The number of nitro groups is 1. The minimum atomic E-state index is -0.487. The number of pyridine rings is 1. The molecule has 1 heterocycles. The third-order valence-electron chi connectivity index (χ3n) is 3.30. The van der Waals surface area contributed by atoms with Gasteiger partial charge in [-0.2, -0.15) is 5.10 Å². The number of amidine groups is 1. The fourth-order valence-corrected chi connectivity index (χ4v) is 2.48. The Morgan fingerprint density at radius 1 is 1.22 bits per heavy atom. The highest BCUT2D eigenvalue weighted by atomic mass is 35.5. The van der Waals surface area contributed by atoms with Gasteiger partial charge >= 0.3 is 0 Å². The average Bonchev–Trinajstić information content (AvgIpc) is 2.64. The number of nitro benzene ring substituents is 1. The number of hydrazone groups is 1. The van der Waals surface area contributed by atoms with Crippen molar-refractivity contribution in [1.82, 2.24) is 9.88 Å². The molecular formula is C16H13Cl4N5O2. The molecule has 0 aliphatic rings. The molecule has 0 fully saturated rings. The van der Waals surface area contributed by atoms with Crippen LogP contribution in [-0.2, 0) is 6.54 Å². The van der Waals surface area contributed by atoms with Crippen LogP contribution in [0.15, 0.2) is 57.2 Å². The van der Waals surface area contributed by atoms with Gasteiger partial charge in [0, 0.05) is 31.9 Å². The predicted octanol–water partition coefficient (Wildman–Crippen LogP) is 5.39. The average molecular weight is 449 g/mol. The first-order chi connectivity index (χ1) is 12.8. The Labute approximate surface area is 175 Å². The van der Waals surface area contributed by atoms with E-state index in [9.17, 15) is 10.1 Å². The van der Waals surface area contributed by atoms with Crippen molar-refractivity contribution >= 4 is 63.6 Å². The van der Waals surface area contributed by atoms with Gasteiger partial charge in [-0.05, 0) is 23.8 Å². The van der Waals surface area contributed by atoms with Crippen LogP contribution in [0.1, 0.15) is 5.56 Å². The third-order valence-corrected chi connectivity index (χ3v) is 4.45. The first kappa shape index (κ1) is 21.2. The Kier molecular flexibility index (Phi) is 7.67. The molecule has 1 aromatic heterocycles. The number of hydrogen-bond acceptors (Lipinski definition) is 5. The molecule has 0 amide bonds. The van der Waals surface area contributed by atoms with Gasteiger partial charge in [0.25, 0.3) is 5.69 Å². The summed E-state index contributed by atoms with van der Waals surface area (Å²) in [4.78, 5) is 15.9. The summed E-state index contributed by atoms with van der Waals surface area (Å²) in [5.74, 6) is 0.268. The van der Waals surface area contributed by atoms with E-state index in [-0.39, 0.29) is 21.0 Å². The summed E-state index contributed by atoms with van der Waals surface area (Å²) in [6.07, 6.45) is 1.63. The number of hydrogen-bond donors (Lipinski definition) is 1. The molecule has 0 atom stereocenters. The Balaban J connectivity index is 2.22. The van der Waals surface area contributed by atoms with Gasteiger partial charge in [0.2, 0.25) is 0 Å². The Morgan fingerprint density at radius 3 is 2.41 bits per heavy atom. The van der Waals surface area contributed by atoms with E-state index in [1.807, 2.05) is 6.07 Å². The van der Waals surface area contributed by atoms with Crippen molar-refractivity contribution in [2.24, 2.45) is 5.10 Å². The first-order valence-electron chi connectivity index (χ1n) is 7.39. The largest absolute Gasteiger partial charge is 0.353 e. The van der Waals surface area contributed by atoms with Crippen LogP contribution in [0.5, 0.6) is 0 Å². The zero-order valence-electron chi connectivity index (χ0n) is 13.9. The predicted molar refractivity (Wildman–Crippen MR) is 109 cm³/mol. The number of benzene rings is 1. The standard InChI is InChI=1S/C16H13Cl4N5O2/c1-24(9-10-2-7-13(17)21-8-10)16(14(18)15(19)20)23-22-11-3-5-12(6-4-11)25(26)27/h2-8,22H,9H2,1H3/b23-16+. The van der Waals surface area contributed by atoms with E-state index in [1.54, 1.807) is 24.2 Å². The zero-order valence-corrected chi connectivity index (χ0v) is 16.9. The second-order valence-corrected chi connectivity index (χ2v) is 6.99. The molecule has 7 nitrogen and oxygen atoms in total. The zero-order chi connectivity index (χ0) is 20.0. The Bertz CT molecular complexity index is 865. The lowest BCUT2D eigenvalue weighted by Gasteiger charge is -2.21. The molecule has 0 saturated carbocycles. The molecule has 2 aromatic rings. The Morgan fingerprint density at radius 2 is 1.89 bits per heavy atom. The molecular weight excluding hydrogens is 436 g/mol. The normalized spacial score (nSPS) is 11.1. The number of non-ortho nitro benzene ring substituents is 1. The van der Waals surface area contributed by atoms with E-state index in [1.165, 1.54) is 24.3 Å². The number of aromatic nitrogens is 1. The molecule has 0 aliphatic heterocycles. The van der Waals surface area contributed by atoms with Crippen LogP contribution >= 0.6 is 46.4 Å². The van der Waals surface area contributed by atoms with E-state index in [2.05, 4.69) is 15.5 Å². The van der Waals surface area contributed by atoms with E-state index in [0.717, 1.165) is 5.56 Å². The van der Waals surface area contributed by atoms with Gasteiger partial charge in [-0.15, -0.1) is 0 Å². The highest BCUT2D eigenvalue weighted by Crippen LogP contribution is 2.22. The third kappa shape index (κ3) is 6.25. The summed E-state index contributed by atoms with van der Waals surface area (Å²) < 4.78 is -0.151. The van der Waals surface area contributed by atoms with Crippen LogP contribution in [0.2, 0.25) is 5.15 Å². The summed E-state index contributed by atoms with van der Waals surface area (Å²) >= 11 is 23.6. The fraction of sp³-hybridized carbons (Fsp3) is 0.125. The molecule has 0 bridgehead atoms. The lowest BCUT2D eigenvalue weighted by molar-refractivity contribution is -0.384. The molecule has 11 heteroatoms. The summed E-state index contributed by atoms with van der Waals surface area (Å²) in [5, 5.41) is 15.4. The Hall–Kier alpha value is -2.06. The lowest BCUT2D eigenvalue weighted by Crippen LogP contribution is -2.28.